The smallest absolute Gasteiger partial charge is 0.0689 e. The lowest BCUT2D eigenvalue weighted by molar-refractivity contribution is 0.198. The van der Waals surface area contributed by atoms with Crippen molar-refractivity contribution < 1.29 is 0 Å². The highest BCUT2D eigenvalue weighted by atomic mass is 32.2. The quantitative estimate of drug-likeness (QED) is 0.379. The van der Waals surface area contributed by atoms with E-state index in [9.17, 15) is 0 Å². The molecule has 27 heavy (non-hydrogen) atoms. The number of piperazine rings is 1. The maximum absolute atomic E-state index is 4.22. The van der Waals surface area contributed by atoms with Crippen LogP contribution in [-0.4, -0.2) is 49.4 Å². The molecule has 144 valence electrons. The number of rotatable bonds is 5. The fourth-order valence-corrected chi connectivity index (χ4v) is 4.51. The van der Waals surface area contributed by atoms with E-state index in [-0.39, 0.29) is 0 Å². The molecule has 3 nitrogen and oxygen atoms in total. The number of benzene rings is 2. The van der Waals surface area contributed by atoms with Gasteiger partial charge in [0.25, 0.3) is 0 Å². The summed E-state index contributed by atoms with van der Waals surface area (Å²) in [4.78, 5) is 11.9. The third-order valence-corrected chi connectivity index (χ3v) is 6.97. The first-order chi connectivity index (χ1) is 13.1. The lowest BCUT2D eigenvalue weighted by Gasteiger charge is -2.39. The molecule has 2 aromatic rings. The third kappa shape index (κ3) is 5.31. The van der Waals surface area contributed by atoms with Gasteiger partial charge in [-0.2, -0.15) is 0 Å². The summed E-state index contributed by atoms with van der Waals surface area (Å²) in [5.41, 5.74) is 2.73. The van der Waals surface area contributed by atoms with Crippen molar-refractivity contribution in [2.24, 2.45) is 4.99 Å². The SMILES string of the molecule is C/N=C(/C)Sc1ccc(C(C)N2CCN(c3ccc(SC)cc3)CC2)cc1. The fourth-order valence-electron chi connectivity index (χ4n) is 3.40. The Morgan fingerprint density at radius 1 is 0.926 bits per heavy atom. The molecule has 0 spiro atoms. The highest BCUT2D eigenvalue weighted by Gasteiger charge is 2.22. The number of hydrogen-bond acceptors (Lipinski definition) is 5. The minimum atomic E-state index is 0.450. The summed E-state index contributed by atoms with van der Waals surface area (Å²) >= 11 is 3.52. The molecule has 1 aliphatic heterocycles. The van der Waals surface area contributed by atoms with Gasteiger partial charge in [-0.1, -0.05) is 23.9 Å². The molecule has 0 saturated carbocycles. The second kappa shape index (κ2) is 9.67. The van der Waals surface area contributed by atoms with Crippen molar-refractivity contribution in [3.63, 3.8) is 0 Å². The van der Waals surface area contributed by atoms with Gasteiger partial charge in [0.1, 0.15) is 0 Å². The van der Waals surface area contributed by atoms with E-state index in [0.717, 1.165) is 31.2 Å². The number of aliphatic imine (C=N–C) groups is 1. The first-order valence-corrected chi connectivity index (χ1v) is 11.5. The van der Waals surface area contributed by atoms with Gasteiger partial charge in [0.15, 0.2) is 0 Å². The Balaban J connectivity index is 1.56. The van der Waals surface area contributed by atoms with E-state index < -0.39 is 0 Å². The van der Waals surface area contributed by atoms with E-state index in [1.807, 2.05) is 7.05 Å². The van der Waals surface area contributed by atoms with E-state index in [1.165, 1.54) is 21.0 Å². The molecule has 3 rings (SSSR count). The van der Waals surface area contributed by atoms with Gasteiger partial charge in [-0.25, -0.2) is 0 Å². The molecule has 1 atom stereocenters. The largest absolute Gasteiger partial charge is 0.369 e. The van der Waals surface area contributed by atoms with Crippen LogP contribution in [0.15, 0.2) is 63.3 Å². The molecular weight excluding hydrogens is 370 g/mol. The Kier molecular flexibility index (Phi) is 7.27. The fraction of sp³-hybridized carbons (Fsp3) is 0.409. The second-order valence-electron chi connectivity index (χ2n) is 6.81. The molecule has 0 radical (unpaired) electrons. The zero-order valence-corrected chi connectivity index (χ0v) is 18.3. The molecule has 0 amide bonds. The van der Waals surface area contributed by atoms with Crippen LogP contribution in [0.3, 0.4) is 0 Å². The highest BCUT2D eigenvalue weighted by molar-refractivity contribution is 8.13. The molecule has 0 N–H and O–H groups in total. The third-order valence-electron chi connectivity index (χ3n) is 5.24. The maximum atomic E-state index is 4.22. The molecule has 2 aromatic carbocycles. The summed E-state index contributed by atoms with van der Waals surface area (Å²) in [7, 11) is 1.84. The Morgan fingerprint density at radius 3 is 2.07 bits per heavy atom. The monoisotopic (exact) mass is 399 g/mol. The second-order valence-corrected chi connectivity index (χ2v) is 8.96. The standard InChI is InChI=1S/C22H29N3S2/c1-17(19-5-9-22(10-6-19)27-18(2)23-3)24-13-15-25(16-14-24)20-7-11-21(26-4)12-8-20/h5-12,17H,13-16H2,1-4H3/b23-18-. The Bertz CT molecular complexity index is 748. The van der Waals surface area contributed by atoms with E-state index in [2.05, 4.69) is 83.4 Å². The summed E-state index contributed by atoms with van der Waals surface area (Å²) in [5.74, 6) is 0. The van der Waals surface area contributed by atoms with Gasteiger partial charge in [0.05, 0.1) is 5.04 Å². The van der Waals surface area contributed by atoms with Crippen molar-refractivity contribution in [2.45, 2.75) is 29.7 Å². The molecular formula is C22H29N3S2. The lowest BCUT2D eigenvalue weighted by atomic mass is 10.1. The van der Waals surface area contributed by atoms with Crippen molar-refractivity contribution >= 4 is 34.3 Å². The average Bonchev–Trinajstić information content (AvgIpc) is 2.74. The van der Waals surface area contributed by atoms with Gasteiger partial charge in [0.2, 0.25) is 0 Å². The van der Waals surface area contributed by atoms with E-state index in [0.29, 0.717) is 6.04 Å². The Hall–Kier alpha value is -1.43. The van der Waals surface area contributed by atoms with Crippen LogP contribution in [0, 0.1) is 0 Å². The molecule has 5 heteroatoms. The van der Waals surface area contributed by atoms with Crippen LogP contribution in [-0.2, 0) is 0 Å². The average molecular weight is 400 g/mol. The molecule has 1 aliphatic rings. The summed E-state index contributed by atoms with van der Waals surface area (Å²) < 4.78 is 0. The van der Waals surface area contributed by atoms with Crippen molar-refractivity contribution in [1.29, 1.82) is 0 Å². The van der Waals surface area contributed by atoms with Crippen molar-refractivity contribution in [1.82, 2.24) is 4.90 Å². The van der Waals surface area contributed by atoms with E-state index in [1.54, 1.807) is 23.5 Å². The van der Waals surface area contributed by atoms with Crippen molar-refractivity contribution in [3.05, 3.63) is 54.1 Å². The van der Waals surface area contributed by atoms with Crippen molar-refractivity contribution in [2.75, 3.05) is 44.4 Å². The summed E-state index contributed by atoms with van der Waals surface area (Å²) in [6, 6.07) is 18.4. The summed E-state index contributed by atoms with van der Waals surface area (Å²) in [6.45, 7) is 8.75. The Labute approximate surface area is 172 Å². The van der Waals surface area contributed by atoms with E-state index >= 15 is 0 Å². The van der Waals surface area contributed by atoms with Crippen LogP contribution in [0.4, 0.5) is 5.69 Å². The first kappa shape index (κ1) is 20.3. The van der Waals surface area contributed by atoms with Gasteiger partial charge in [-0.3, -0.25) is 9.89 Å². The molecule has 0 aliphatic carbocycles. The van der Waals surface area contributed by atoms with Crippen LogP contribution >= 0.6 is 23.5 Å². The number of thioether (sulfide) groups is 2. The predicted octanol–water partition coefficient (Wildman–Crippen LogP) is 5.43. The van der Waals surface area contributed by atoms with Gasteiger partial charge < -0.3 is 4.90 Å². The van der Waals surface area contributed by atoms with Crippen molar-refractivity contribution in [3.8, 4) is 0 Å². The zero-order valence-electron chi connectivity index (χ0n) is 16.7. The Morgan fingerprint density at radius 2 is 1.52 bits per heavy atom. The number of nitrogens with zero attached hydrogens (tertiary/aromatic N) is 3. The normalized spacial score (nSPS) is 17.2. The number of hydrogen-bond donors (Lipinski definition) is 0. The van der Waals surface area contributed by atoms with Gasteiger partial charge in [-0.15, -0.1) is 11.8 Å². The lowest BCUT2D eigenvalue weighted by Crippen LogP contribution is -2.47. The maximum Gasteiger partial charge on any atom is 0.0689 e. The van der Waals surface area contributed by atoms with Crippen LogP contribution in [0.25, 0.3) is 0 Å². The highest BCUT2D eigenvalue weighted by Crippen LogP contribution is 2.27. The minimum Gasteiger partial charge on any atom is -0.369 e. The van der Waals surface area contributed by atoms with Gasteiger partial charge >= 0.3 is 0 Å². The molecule has 0 bridgehead atoms. The number of anilines is 1. The van der Waals surface area contributed by atoms with E-state index in [4.69, 9.17) is 0 Å². The summed E-state index contributed by atoms with van der Waals surface area (Å²) in [6.07, 6.45) is 2.12. The van der Waals surface area contributed by atoms with Crippen LogP contribution in [0.2, 0.25) is 0 Å². The molecule has 0 aromatic heterocycles. The zero-order chi connectivity index (χ0) is 19.2. The van der Waals surface area contributed by atoms with Crippen LogP contribution in [0.5, 0.6) is 0 Å². The minimum absolute atomic E-state index is 0.450. The van der Waals surface area contributed by atoms with Crippen LogP contribution < -0.4 is 4.90 Å². The van der Waals surface area contributed by atoms with Gasteiger partial charge in [-0.05, 0) is 62.1 Å². The molecule has 1 unspecified atom stereocenters. The topological polar surface area (TPSA) is 18.8 Å². The molecule has 1 fully saturated rings. The molecule has 1 saturated heterocycles. The predicted molar refractivity (Wildman–Crippen MR) is 122 cm³/mol. The van der Waals surface area contributed by atoms with Crippen LogP contribution in [0.1, 0.15) is 25.5 Å². The first-order valence-electron chi connectivity index (χ1n) is 9.45. The molecule has 1 heterocycles. The summed E-state index contributed by atoms with van der Waals surface area (Å²) in [5, 5.41) is 1.09. The van der Waals surface area contributed by atoms with Gasteiger partial charge in [0, 0.05) is 54.7 Å².